The molecule has 0 aliphatic carbocycles. The third kappa shape index (κ3) is 2.25. The van der Waals surface area contributed by atoms with Crippen molar-refractivity contribution in [1.29, 1.82) is 0 Å². The van der Waals surface area contributed by atoms with Gasteiger partial charge in [-0.05, 0) is 36.1 Å². The van der Waals surface area contributed by atoms with Gasteiger partial charge < -0.3 is 5.73 Å². The molecule has 0 amide bonds. The summed E-state index contributed by atoms with van der Waals surface area (Å²) in [6, 6.07) is 9.69. The van der Waals surface area contributed by atoms with Crippen LogP contribution in [0.2, 0.25) is 0 Å². The number of aryl methyl sites for hydroxylation is 1. The van der Waals surface area contributed by atoms with Gasteiger partial charge in [-0.3, -0.25) is 4.99 Å². The van der Waals surface area contributed by atoms with Crippen molar-refractivity contribution >= 4 is 28.9 Å². The van der Waals surface area contributed by atoms with Crippen LogP contribution in [-0.4, -0.2) is 6.21 Å². The Morgan fingerprint density at radius 1 is 1.27 bits per heavy atom. The van der Waals surface area contributed by atoms with Gasteiger partial charge in [0.15, 0.2) is 0 Å². The summed E-state index contributed by atoms with van der Waals surface area (Å²) in [5, 5.41) is 2.06. The van der Waals surface area contributed by atoms with Gasteiger partial charge >= 0.3 is 0 Å². The third-order valence-electron chi connectivity index (χ3n) is 2.16. The van der Waals surface area contributed by atoms with Gasteiger partial charge in [-0.1, -0.05) is 12.1 Å². The lowest BCUT2D eigenvalue weighted by Crippen LogP contribution is -1.84. The number of para-hydroxylation sites is 2. The van der Waals surface area contributed by atoms with Gasteiger partial charge in [-0.15, -0.1) is 11.3 Å². The molecule has 0 fully saturated rings. The Morgan fingerprint density at radius 2 is 2.07 bits per heavy atom. The smallest absolute Gasteiger partial charge is 0.0859 e. The normalized spacial score (nSPS) is 11.0. The first-order valence-electron chi connectivity index (χ1n) is 4.70. The first-order chi connectivity index (χ1) is 7.27. The zero-order chi connectivity index (χ0) is 10.7. The lowest BCUT2D eigenvalue weighted by atomic mass is 10.3. The Morgan fingerprint density at radius 3 is 2.73 bits per heavy atom. The Hall–Kier alpha value is -1.61. The maximum atomic E-state index is 5.79. The maximum absolute atomic E-state index is 5.79. The highest BCUT2D eigenvalue weighted by Gasteiger charge is 1.96. The summed E-state index contributed by atoms with van der Waals surface area (Å²) in [7, 11) is 0. The fourth-order valence-electron chi connectivity index (χ4n) is 1.25. The Bertz CT molecular complexity index is 486. The van der Waals surface area contributed by atoms with Crippen molar-refractivity contribution in [3.63, 3.8) is 0 Å². The van der Waals surface area contributed by atoms with Crippen LogP contribution in [0.4, 0.5) is 11.4 Å². The molecular formula is C12H12N2S. The molecule has 2 nitrogen and oxygen atoms in total. The van der Waals surface area contributed by atoms with Crippen LogP contribution in [0.1, 0.15) is 10.4 Å². The highest BCUT2D eigenvalue weighted by atomic mass is 32.1. The van der Waals surface area contributed by atoms with E-state index in [1.54, 1.807) is 11.3 Å². The molecule has 1 aromatic heterocycles. The Kier molecular flexibility index (Phi) is 2.83. The van der Waals surface area contributed by atoms with Crippen LogP contribution in [0.15, 0.2) is 40.7 Å². The van der Waals surface area contributed by atoms with Crippen molar-refractivity contribution in [2.24, 2.45) is 4.99 Å². The average molecular weight is 216 g/mol. The molecule has 1 heterocycles. The van der Waals surface area contributed by atoms with Crippen LogP contribution in [0.25, 0.3) is 0 Å². The van der Waals surface area contributed by atoms with E-state index >= 15 is 0 Å². The van der Waals surface area contributed by atoms with Crippen LogP contribution >= 0.6 is 11.3 Å². The number of hydrogen-bond donors (Lipinski definition) is 1. The zero-order valence-corrected chi connectivity index (χ0v) is 9.29. The number of rotatable bonds is 2. The van der Waals surface area contributed by atoms with E-state index in [9.17, 15) is 0 Å². The number of thiophene rings is 1. The number of benzene rings is 1. The minimum Gasteiger partial charge on any atom is -0.397 e. The van der Waals surface area contributed by atoms with Crippen molar-refractivity contribution < 1.29 is 0 Å². The van der Waals surface area contributed by atoms with E-state index in [-0.39, 0.29) is 0 Å². The minimum atomic E-state index is 0.711. The van der Waals surface area contributed by atoms with E-state index in [4.69, 9.17) is 5.73 Å². The quantitative estimate of drug-likeness (QED) is 0.606. The number of nitrogens with two attached hydrogens (primary N) is 1. The first-order valence-corrected chi connectivity index (χ1v) is 5.58. The molecule has 0 saturated carbocycles. The fourth-order valence-corrected chi connectivity index (χ4v) is 2.04. The van der Waals surface area contributed by atoms with Crippen molar-refractivity contribution in [2.75, 3.05) is 5.73 Å². The fraction of sp³-hybridized carbons (Fsp3) is 0.0833. The summed E-state index contributed by atoms with van der Waals surface area (Å²) in [6.07, 6.45) is 1.87. The van der Waals surface area contributed by atoms with Gasteiger partial charge in [0, 0.05) is 11.1 Å². The molecule has 0 aliphatic rings. The van der Waals surface area contributed by atoms with E-state index in [1.165, 1.54) is 10.4 Å². The van der Waals surface area contributed by atoms with E-state index in [1.807, 2.05) is 30.5 Å². The van der Waals surface area contributed by atoms with Gasteiger partial charge in [0.05, 0.1) is 11.4 Å². The summed E-state index contributed by atoms with van der Waals surface area (Å²) >= 11 is 1.68. The molecule has 0 aliphatic heterocycles. The zero-order valence-electron chi connectivity index (χ0n) is 8.47. The summed E-state index contributed by atoms with van der Waals surface area (Å²) in [5.74, 6) is 0. The first kappa shape index (κ1) is 9.93. The summed E-state index contributed by atoms with van der Waals surface area (Å²) < 4.78 is 0. The van der Waals surface area contributed by atoms with Crippen LogP contribution in [-0.2, 0) is 0 Å². The molecule has 1 aromatic carbocycles. The molecule has 3 heteroatoms. The number of hydrogen-bond acceptors (Lipinski definition) is 3. The van der Waals surface area contributed by atoms with Crippen LogP contribution in [0.5, 0.6) is 0 Å². The second-order valence-corrected chi connectivity index (χ2v) is 4.23. The topological polar surface area (TPSA) is 38.4 Å². The van der Waals surface area contributed by atoms with Gasteiger partial charge in [0.2, 0.25) is 0 Å². The maximum Gasteiger partial charge on any atom is 0.0859 e. The molecule has 2 rings (SSSR count). The van der Waals surface area contributed by atoms with Gasteiger partial charge in [-0.2, -0.15) is 0 Å². The van der Waals surface area contributed by atoms with Gasteiger partial charge in [0.25, 0.3) is 0 Å². The molecule has 0 atom stereocenters. The van der Waals surface area contributed by atoms with E-state index in [0.29, 0.717) is 5.69 Å². The SMILES string of the molecule is Cc1ccsc1C=Nc1ccccc1N. The lowest BCUT2D eigenvalue weighted by Gasteiger charge is -1.97. The lowest BCUT2D eigenvalue weighted by molar-refractivity contribution is 1.50. The summed E-state index contributed by atoms with van der Waals surface area (Å²) in [4.78, 5) is 5.55. The largest absolute Gasteiger partial charge is 0.397 e. The molecular weight excluding hydrogens is 204 g/mol. The molecule has 2 aromatic rings. The highest BCUT2D eigenvalue weighted by molar-refractivity contribution is 7.11. The second kappa shape index (κ2) is 4.28. The average Bonchev–Trinajstić information content (AvgIpc) is 2.63. The van der Waals surface area contributed by atoms with Crippen molar-refractivity contribution in [3.05, 3.63) is 46.2 Å². The van der Waals surface area contributed by atoms with Crippen molar-refractivity contribution in [3.8, 4) is 0 Å². The molecule has 76 valence electrons. The summed E-state index contributed by atoms with van der Waals surface area (Å²) in [5.41, 5.74) is 8.57. The highest BCUT2D eigenvalue weighted by Crippen LogP contribution is 2.21. The number of anilines is 1. The monoisotopic (exact) mass is 216 g/mol. The predicted molar refractivity (Wildman–Crippen MR) is 67.2 cm³/mol. The summed E-state index contributed by atoms with van der Waals surface area (Å²) in [6.45, 7) is 2.08. The molecule has 0 unspecified atom stereocenters. The van der Waals surface area contributed by atoms with Gasteiger partial charge in [0.1, 0.15) is 0 Å². The molecule has 2 N–H and O–H groups in total. The Balaban J connectivity index is 2.26. The number of nitrogen functional groups attached to an aromatic ring is 1. The van der Waals surface area contributed by atoms with Crippen LogP contribution < -0.4 is 5.73 Å². The van der Waals surface area contributed by atoms with Crippen molar-refractivity contribution in [1.82, 2.24) is 0 Å². The molecule has 0 saturated heterocycles. The van der Waals surface area contributed by atoms with E-state index < -0.39 is 0 Å². The van der Waals surface area contributed by atoms with Crippen molar-refractivity contribution in [2.45, 2.75) is 6.92 Å². The third-order valence-corrected chi connectivity index (χ3v) is 3.11. The molecule has 0 spiro atoms. The van der Waals surface area contributed by atoms with Crippen LogP contribution in [0, 0.1) is 6.92 Å². The second-order valence-electron chi connectivity index (χ2n) is 3.28. The van der Waals surface area contributed by atoms with Crippen LogP contribution in [0.3, 0.4) is 0 Å². The number of aliphatic imine (C=N–C) groups is 1. The standard InChI is InChI=1S/C12H12N2S/c1-9-6-7-15-12(9)8-14-11-5-3-2-4-10(11)13/h2-8H,13H2,1H3. The number of nitrogens with zero attached hydrogens (tertiary/aromatic N) is 1. The molecule has 0 radical (unpaired) electrons. The van der Waals surface area contributed by atoms with E-state index in [2.05, 4.69) is 23.4 Å². The van der Waals surface area contributed by atoms with E-state index in [0.717, 1.165) is 5.69 Å². The Labute approximate surface area is 93.1 Å². The minimum absolute atomic E-state index is 0.711. The molecule has 0 bridgehead atoms. The molecule has 15 heavy (non-hydrogen) atoms. The predicted octanol–water partition coefficient (Wildman–Crippen LogP) is 3.39. The van der Waals surface area contributed by atoms with Gasteiger partial charge in [-0.25, -0.2) is 0 Å².